The lowest BCUT2D eigenvalue weighted by atomic mass is 9.81. The molecule has 1 aliphatic carbocycles. The first-order valence-corrected chi connectivity index (χ1v) is 7.62. The van der Waals surface area contributed by atoms with Crippen LogP contribution in [0.25, 0.3) is 0 Å². The Labute approximate surface area is 125 Å². The maximum Gasteiger partial charge on any atom is 0.306 e. The number of hydrogen-bond acceptors (Lipinski definition) is 2. The topological polar surface area (TPSA) is 66.4 Å². The molecule has 1 aliphatic rings. The SMILES string of the molecule is Cc1ccc(CCNC(=O)C2CCCC(C(=O)O)C2)cc1. The molecule has 1 aromatic carbocycles. The first-order valence-electron chi connectivity index (χ1n) is 7.62. The van der Waals surface area contributed by atoms with Crippen molar-refractivity contribution in [3.63, 3.8) is 0 Å². The molecule has 1 fully saturated rings. The molecule has 0 aromatic heterocycles. The molecule has 0 bridgehead atoms. The van der Waals surface area contributed by atoms with Crippen LogP contribution in [0.4, 0.5) is 0 Å². The van der Waals surface area contributed by atoms with Crippen LogP contribution in [-0.2, 0) is 16.0 Å². The first kappa shape index (κ1) is 15.5. The molecule has 0 saturated heterocycles. The van der Waals surface area contributed by atoms with Crippen LogP contribution in [-0.4, -0.2) is 23.5 Å². The van der Waals surface area contributed by atoms with Gasteiger partial charge in [-0.25, -0.2) is 0 Å². The van der Waals surface area contributed by atoms with Crippen LogP contribution in [0.5, 0.6) is 0 Å². The Bertz CT molecular complexity index is 495. The summed E-state index contributed by atoms with van der Waals surface area (Å²) in [6.07, 6.45) is 3.61. The fourth-order valence-corrected chi connectivity index (χ4v) is 2.88. The Morgan fingerprint density at radius 2 is 1.86 bits per heavy atom. The van der Waals surface area contributed by atoms with Crippen molar-refractivity contribution in [2.24, 2.45) is 11.8 Å². The molecule has 2 rings (SSSR count). The van der Waals surface area contributed by atoms with E-state index >= 15 is 0 Å². The minimum atomic E-state index is -0.771. The highest BCUT2D eigenvalue weighted by atomic mass is 16.4. The van der Waals surface area contributed by atoms with E-state index in [1.807, 2.05) is 6.92 Å². The molecule has 1 saturated carbocycles. The summed E-state index contributed by atoms with van der Waals surface area (Å²) >= 11 is 0. The number of carbonyl (C=O) groups excluding carboxylic acids is 1. The average Bonchev–Trinajstić information content (AvgIpc) is 2.49. The Morgan fingerprint density at radius 3 is 2.52 bits per heavy atom. The maximum absolute atomic E-state index is 12.1. The Morgan fingerprint density at radius 1 is 1.19 bits per heavy atom. The third-order valence-corrected chi connectivity index (χ3v) is 4.23. The van der Waals surface area contributed by atoms with Gasteiger partial charge in [-0.2, -0.15) is 0 Å². The van der Waals surface area contributed by atoms with Crippen molar-refractivity contribution >= 4 is 11.9 Å². The number of amides is 1. The second kappa shape index (κ2) is 7.25. The molecule has 2 unspecified atom stereocenters. The van der Waals surface area contributed by atoms with Crippen LogP contribution in [0.15, 0.2) is 24.3 Å². The number of benzene rings is 1. The number of carbonyl (C=O) groups is 2. The summed E-state index contributed by atoms with van der Waals surface area (Å²) in [6, 6.07) is 8.27. The number of nitrogens with one attached hydrogen (secondary N) is 1. The minimum absolute atomic E-state index is 0.00746. The van der Waals surface area contributed by atoms with Gasteiger partial charge in [-0.05, 0) is 38.2 Å². The molecule has 0 spiro atoms. The molecule has 4 heteroatoms. The molecular weight excluding hydrogens is 266 g/mol. The number of carboxylic acid groups (broad SMARTS) is 1. The van der Waals surface area contributed by atoms with Gasteiger partial charge in [0.1, 0.15) is 0 Å². The lowest BCUT2D eigenvalue weighted by Gasteiger charge is -2.25. The molecule has 0 heterocycles. The molecule has 0 radical (unpaired) electrons. The third-order valence-electron chi connectivity index (χ3n) is 4.23. The number of hydrogen-bond donors (Lipinski definition) is 2. The van der Waals surface area contributed by atoms with Crippen LogP contribution >= 0.6 is 0 Å². The van der Waals surface area contributed by atoms with E-state index in [2.05, 4.69) is 29.6 Å². The predicted molar refractivity (Wildman–Crippen MR) is 81.0 cm³/mol. The van der Waals surface area contributed by atoms with Gasteiger partial charge in [0.05, 0.1) is 5.92 Å². The molecule has 0 aliphatic heterocycles. The Kier molecular flexibility index (Phi) is 5.37. The predicted octanol–water partition coefficient (Wildman–Crippen LogP) is 2.54. The van der Waals surface area contributed by atoms with Crippen molar-refractivity contribution in [3.05, 3.63) is 35.4 Å². The molecule has 2 atom stereocenters. The first-order chi connectivity index (χ1) is 10.1. The summed E-state index contributed by atoms with van der Waals surface area (Å²) in [6.45, 7) is 2.66. The number of aliphatic carboxylic acids is 1. The van der Waals surface area contributed by atoms with Crippen LogP contribution in [0, 0.1) is 18.8 Å². The van der Waals surface area contributed by atoms with Gasteiger partial charge in [0.2, 0.25) is 5.91 Å². The fraction of sp³-hybridized carbons (Fsp3) is 0.529. The second-order valence-corrected chi connectivity index (χ2v) is 5.93. The maximum atomic E-state index is 12.1. The minimum Gasteiger partial charge on any atom is -0.481 e. The third kappa shape index (κ3) is 4.59. The molecule has 4 nitrogen and oxygen atoms in total. The van der Waals surface area contributed by atoms with Crippen molar-refractivity contribution in [2.75, 3.05) is 6.54 Å². The van der Waals surface area contributed by atoms with Crippen LogP contribution in [0.1, 0.15) is 36.8 Å². The van der Waals surface area contributed by atoms with Gasteiger partial charge in [-0.15, -0.1) is 0 Å². The zero-order valence-corrected chi connectivity index (χ0v) is 12.5. The lowest BCUT2D eigenvalue weighted by molar-refractivity contribution is -0.144. The van der Waals surface area contributed by atoms with Crippen molar-refractivity contribution in [3.8, 4) is 0 Å². The van der Waals surface area contributed by atoms with Gasteiger partial charge >= 0.3 is 5.97 Å². The number of carboxylic acids is 1. The van der Waals surface area contributed by atoms with Gasteiger partial charge < -0.3 is 10.4 Å². The molecule has 1 aromatic rings. The monoisotopic (exact) mass is 289 g/mol. The standard InChI is InChI=1S/C17H23NO3/c1-12-5-7-13(8-6-12)9-10-18-16(19)14-3-2-4-15(11-14)17(20)21/h5-8,14-15H,2-4,9-11H2,1H3,(H,18,19)(H,20,21). The zero-order chi connectivity index (χ0) is 15.2. The highest BCUT2D eigenvalue weighted by Gasteiger charge is 2.30. The van der Waals surface area contributed by atoms with E-state index in [-0.39, 0.29) is 17.7 Å². The molecular formula is C17H23NO3. The molecule has 21 heavy (non-hydrogen) atoms. The number of aryl methyl sites for hydroxylation is 1. The van der Waals surface area contributed by atoms with Gasteiger partial charge in [0.15, 0.2) is 0 Å². The van der Waals surface area contributed by atoms with E-state index < -0.39 is 5.97 Å². The summed E-state index contributed by atoms with van der Waals surface area (Å²) in [5, 5.41) is 12.0. The fourth-order valence-electron chi connectivity index (χ4n) is 2.88. The second-order valence-electron chi connectivity index (χ2n) is 5.93. The van der Waals surface area contributed by atoms with E-state index in [1.54, 1.807) is 0 Å². The molecule has 114 valence electrons. The van der Waals surface area contributed by atoms with E-state index in [1.165, 1.54) is 11.1 Å². The van der Waals surface area contributed by atoms with Gasteiger partial charge in [0, 0.05) is 12.5 Å². The van der Waals surface area contributed by atoms with Crippen molar-refractivity contribution in [1.82, 2.24) is 5.32 Å². The smallest absolute Gasteiger partial charge is 0.306 e. The van der Waals surface area contributed by atoms with Crippen LogP contribution in [0.3, 0.4) is 0 Å². The van der Waals surface area contributed by atoms with Gasteiger partial charge in [0.25, 0.3) is 0 Å². The average molecular weight is 289 g/mol. The van der Waals surface area contributed by atoms with Crippen LogP contribution < -0.4 is 5.32 Å². The largest absolute Gasteiger partial charge is 0.481 e. The van der Waals surface area contributed by atoms with E-state index in [0.29, 0.717) is 19.4 Å². The highest BCUT2D eigenvalue weighted by Crippen LogP contribution is 2.29. The summed E-state index contributed by atoms with van der Waals surface area (Å²) in [5.74, 6) is -1.26. The molecule has 1 amide bonds. The van der Waals surface area contributed by atoms with E-state index in [9.17, 15) is 9.59 Å². The summed E-state index contributed by atoms with van der Waals surface area (Å²) in [7, 11) is 0. The normalized spacial score (nSPS) is 21.8. The Balaban J connectivity index is 1.76. The highest BCUT2D eigenvalue weighted by molar-refractivity contribution is 5.80. The quantitative estimate of drug-likeness (QED) is 0.875. The lowest BCUT2D eigenvalue weighted by Crippen LogP contribution is -2.36. The molecule has 2 N–H and O–H groups in total. The van der Waals surface area contributed by atoms with Gasteiger partial charge in [-0.1, -0.05) is 36.2 Å². The Hall–Kier alpha value is -1.84. The van der Waals surface area contributed by atoms with Crippen molar-refractivity contribution in [2.45, 2.75) is 39.0 Å². The zero-order valence-electron chi connectivity index (χ0n) is 12.5. The van der Waals surface area contributed by atoms with E-state index in [0.717, 1.165) is 19.3 Å². The van der Waals surface area contributed by atoms with Crippen molar-refractivity contribution < 1.29 is 14.7 Å². The summed E-state index contributed by atoms with van der Waals surface area (Å²) < 4.78 is 0. The summed E-state index contributed by atoms with van der Waals surface area (Å²) in [4.78, 5) is 23.1. The van der Waals surface area contributed by atoms with Crippen LogP contribution in [0.2, 0.25) is 0 Å². The van der Waals surface area contributed by atoms with E-state index in [4.69, 9.17) is 5.11 Å². The van der Waals surface area contributed by atoms with Crippen molar-refractivity contribution in [1.29, 1.82) is 0 Å². The van der Waals surface area contributed by atoms with Gasteiger partial charge in [-0.3, -0.25) is 9.59 Å². The summed E-state index contributed by atoms with van der Waals surface area (Å²) in [5.41, 5.74) is 2.43. The number of rotatable bonds is 5.